The number of hydrogen-bond donors (Lipinski definition) is 1. The monoisotopic (exact) mass is 204 g/mol. The summed E-state index contributed by atoms with van der Waals surface area (Å²) in [7, 11) is 0. The number of amides is 1. The van der Waals surface area contributed by atoms with Gasteiger partial charge < -0.3 is 9.73 Å². The molecule has 0 unspecified atom stereocenters. The van der Waals surface area contributed by atoms with E-state index in [1.54, 1.807) is 18.7 Å². The normalized spacial score (nSPS) is 10.5. The zero-order valence-electron chi connectivity index (χ0n) is 8.49. The molecule has 0 aliphatic carbocycles. The van der Waals surface area contributed by atoms with Gasteiger partial charge in [-0.2, -0.15) is 0 Å². The van der Waals surface area contributed by atoms with Crippen molar-refractivity contribution in [2.75, 3.05) is 6.54 Å². The highest BCUT2D eigenvalue weighted by Gasteiger charge is 2.04. The molecular formula is C11H12N2O2. The second-order valence-electron chi connectivity index (χ2n) is 3.37. The summed E-state index contributed by atoms with van der Waals surface area (Å²) in [5.74, 6) is -0.00975. The Kier molecular flexibility index (Phi) is 2.67. The molecule has 78 valence electrons. The van der Waals surface area contributed by atoms with Crippen molar-refractivity contribution < 1.29 is 9.21 Å². The van der Waals surface area contributed by atoms with E-state index in [0.717, 1.165) is 23.0 Å². The third-order valence-corrected chi connectivity index (χ3v) is 2.23. The van der Waals surface area contributed by atoms with Crippen LogP contribution in [0.1, 0.15) is 12.5 Å². The number of pyridine rings is 1. The lowest BCUT2D eigenvalue weighted by atomic mass is 10.1. The van der Waals surface area contributed by atoms with Gasteiger partial charge in [-0.1, -0.05) is 0 Å². The first kappa shape index (κ1) is 9.71. The smallest absolute Gasteiger partial charge is 0.216 e. The molecule has 0 radical (unpaired) electrons. The molecule has 1 N–H and O–H groups in total. The van der Waals surface area contributed by atoms with E-state index >= 15 is 0 Å². The highest BCUT2D eigenvalue weighted by Crippen LogP contribution is 2.19. The summed E-state index contributed by atoms with van der Waals surface area (Å²) >= 11 is 0. The van der Waals surface area contributed by atoms with Crippen LogP contribution in [-0.4, -0.2) is 17.4 Å². The van der Waals surface area contributed by atoms with E-state index in [9.17, 15) is 4.79 Å². The molecule has 4 heteroatoms. The number of nitrogens with one attached hydrogen (secondary N) is 1. The molecule has 0 aliphatic heterocycles. The number of carbonyl (C=O) groups excluding carboxylic acids is 1. The summed E-state index contributed by atoms with van der Waals surface area (Å²) in [4.78, 5) is 14.7. The third-order valence-electron chi connectivity index (χ3n) is 2.23. The van der Waals surface area contributed by atoms with Crippen molar-refractivity contribution in [3.05, 3.63) is 30.3 Å². The van der Waals surface area contributed by atoms with Crippen LogP contribution in [0.25, 0.3) is 11.0 Å². The second kappa shape index (κ2) is 4.13. The SMILES string of the molecule is CC(=O)NCCc1coc2cnccc12. The largest absolute Gasteiger partial charge is 0.462 e. The Hall–Kier alpha value is -1.84. The highest BCUT2D eigenvalue weighted by atomic mass is 16.3. The molecule has 2 aromatic rings. The molecule has 0 atom stereocenters. The van der Waals surface area contributed by atoms with Gasteiger partial charge in [-0.05, 0) is 12.5 Å². The number of nitrogens with zero attached hydrogens (tertiary/aromatic N) is 1. The van der Waals surface area contributed by atoms with Crippen molar-refractivity contribution in [2.24, 2.45) is 0 Å². The van der Waals surface area contributed by atoms with Gasteiger partial charge in [-0.15, -0.1) is 0 Å². The van der Waals surface area contributed by atoms with Gasteiger partial charge in [0.1, 0.15) is 0 Å². The van der Waals surface area contributed by atoms with Crippen molar-refractivity contribution >= 4 is 16.9 Å². The van der Waals surface area contributed by atoms with Crippen LogP contribution in [0.2, 0.25) is 0 Å². The van der Waals surface area contributed by atoms with Crippen LogP contribution in [0.5, 0.6) is 0 Å². The molecule has 0 aromatic carbocycles. The maximum Gasteiger partial charge on any atom is 0.216 e. The summed E-state index contributed by atoms with van der Waals surface area (Å²) in [6.45, 7) is 2.14. The average molecular weight is 204 g/mol. The van der Waals surface area contributed by atoms with Crippen molar-refractivity contribution in [3.8, 4) is 0 Å². The molecule has 4 nitrogen and oxygen atoms in total. The minimum atomic E-state index is -0.00975. The van der Waals surface area contributed by atoms with E-state index in [0.29, 0.717) is 6.54 Å². The van der Waals surface area contributed by atoms with Gasteiger partial charge in [0, 0.05) is 30.6 Å². The Morgan fingerprint density at radius 1 is 1.60 bits per heavy atom. The predicted molar refractivity (Wildman–Crippen MR) is 56.4 cm³/mol. The third kappa shape index (κ3) is 2.15. The molecule has 15 heavy (non-hydrogen) atoms. The lowest BCUT2D eigenvalue weighted by Gasteiger charge is -1.99. The van der Waals surface area contributed by atoms with Gasteiger partial charge in [0.2, 0.25) is 5.91 Å². The van der Waals surface area contributed by atoms with Crippen LogP contribution in [0.4, 0.5) is 0 Å². The Morgan fingerprint density at radius 2 is 2.47 bits per heavy atom. The van der Waals surface area contributed by atoms with Gasteiger partial charge in [-0.25, -0.2) is 0 Å². The summed E-state index contributed by atoms with van der Waals surface area (Å²) in [5, 5.41) is 3.82. The van der Waals surface area contributed by atoms with Crippen LogP contribution in [0, 0.1) is 0 Å². The summed E-state index contributed by atoms with van der Waals surface area (Å²) < 4.78 is 5.33. The first-order valence-corrected chi connectivity index (χ1v) is 4.82. The second-order valence-corrected chi connectivity index (χ2v) is 3.37. The number of furan rings is 1. The molecule has 2 rings (SSSR count). The first-order chi connectivity index (χ1) is 7.27. The van der Waals surface area contributed by atoms with Crippen molar-refractivity contribution in [2.45, 2.75) is 13.3 Å². The molecule has 0 saturated carbocycles. The number of aromatic nitrogens is 1. The number of hydrogen-bond acceptors (Lipinski definition) is 3. The first-order valence-electron chi connectivity index (χ1n) is 4.82. The molecule has 2 heterocycles. The maximum atomic E-state index is 10.7. The van der Waals surface area contributed by atoms with E-state index in [1.165, 1.54) is 6.92 Å². The van der Waals surface area contributed by atoms with Gasteiger partial charge in [-0.3, -0.25) is 9.78 Å². The van der Waals surface area contributed by atoms with E-state index in [1.807, 2.05) is 6.07 Å². The summed E-state index contributed by atoms with van der Waals surface area (Å²) in [6.07, 6.45) is 5.92. The van der Waals surface area contributed by atoms with Crippen molar-refractivity contribution in [3.63, 3.8) is 0 Å². The quantitative estimate of drug-likeness (QED) is 0.824. The summed E-state index contributed by atoms with van der Waals surface area (Å²) in [6, 6.07) is 1.92. The van der Waals surface area contributed by atoms with E-state index in [4.69, 9.17) is 4.42 Å². The van der Waals surface area contributed by atoms with Gasteiger partial charge in [0.15, 0.2) is 5.58 Å². The minimum Gasteiger partial charge on any atom is -0.462 e. The molecule has 0 fully saturated rings. The fourth-order valence-corrected chi connectivity index (χ4v) is 1.50. The number of fused-ring (bicyclic) bond motifs is 1. The standard InChI is InChI=1S/C11H12N2O2/c1-8(14)13-5-2-9-7-15-11-6-12-4-3-10(9)11/h3-4,6-7H,2,5H2,1H3,(H,13,14). The highest BCUT2D eigenvalue weighted by molar-refractivity contribution is 5.80. The van der Waals surface area contributed by atoms with Crippen LogP contribution >= 0.6 is 0 Å². The van der Waals surface area contributed by atoms with E-state index < -0.39 is 0 Å². The summed E-state index contributed by atoms with van der Waals surface area (Å²) in [5.41, 5.74) is 1.89. The molecule has 0 saturated heterocycles. The van der Waals surface area contributed by atoms with Crippen LogP contribution < -0.4 is 5.32 Å². The fourth-order valence-electron chi connectivity index (χ4n) is 1.50. The molecule has 0 aliphatic rings. The van der Waals surface area contributed by atoms with E-state index in [2.05, 4.69) is 10.3 Å². The molecule has 1 amide bonds. The van der Waals surface area contributed by atoms with Crippen molar-refractivity contribution in [1.29, 1.82) is 0 Å². The van der Waals surface area contributed by atoms with Crippen molar-refractivity contribution in [1.82, 2.24) is 10.3 Å². The lowest BCUT2D eigenvalue weighted by molar-refractivity contribution is -0.118. The molecule has 0 spiro atoms. The Morgan fingerprint density at radius 3 is 3.27 bits per heavy atom. The van der Waals surface area contributed by atoms with Crippen LogP contribution in [-0.2, 0) is 11.2 Å². The fraction of sp³-hybridized carbons (Fsp3) is 0.273. The van der Waals surface area contributed by atoms with Gasteiger partial charge in [0.25, 0.3) is 0 Å². The minimum absolute atomic E-state index is 0.00975. The zero-order chi connectivity index (χ0) is 10.7. The van der Waals surface area contributed by atoms with Gasteiger partial charge >= 0.3 is 0 Å². The molecule has 2 aromatic heterocycles. The Balaban J connectivity index is 2.11. The maximum absolute atomic E-state index is 10.7. The lowest BCUT2D eigenvalue weighted by Crippen LogP contribution is -2.22. The molecular weight excluding hydrogens is 192 g/mol. The Bertz CT molecular complexity index is 476. The van der Waals surface area contributed by atoms with Crippen LogP contribution in [0.15, 0.2) is 29.1 Å². The molecule has 0 bridgehead atoms. The van der Waals surface area contributed by atoms with Gasteiger partial charge in [0.05, 0.1) is 12.5 Å². The predicted octanol–water partition coefficient (Wildman–Crippen LogP) is 1.51. The van der Waals surface area contributed by atoms with Crippen LogP contribution in [0.3, 0.4) is 0 Å². The zero-order valence-corrected chi connectivity index (χ0v) is 8.49. The number of carbonyl (C=O) groups is 1. The van der Waals surface area contributed by atoms with E-state index in [-0.39, 0.29) is 5.91 Å². The number of rotatable bonds is 3. The topological polar surface area (TPSA) is 55.1 Å². The Labute approximate surface area is 87.3 Å². The average Bonchev–Trinajstić information content (AvgIpc) is 2.62.